The fourth-order valence-corrected chi connectivity index (χ4v) is 1.23. The lowest BCUT2D eigenvalue weighted by atomic mass is 9.95. The number of ketones is 1. The highest BCUT2D eigenvalue weighted by atomic mass is 16.5. The van der Waals surface area contributed by atoms with Crippen LogP contribution in [-0.2, 0) is 14.3 Å². The monoisotopic (exact) mass is 200 g/mol. The van der Waals surface area contributed by atoms with Crippen LogP contribution in [0.4, 0.5) is 0 Å². The molecule has 0 unspecified atom stereocenters. The van der Waals surface area contributed by atoms with Crippen molar-refractivity contribution in [3.63, 3.8) is 0 Å². The minimum absolute atomic E-state index is 0.0934. The molecule has 14 heavy (non-hydrogen) atoms. The minimum atomic E-state index is -0.558. The lowest BCUT2D eigenvalue weighted by molar-refractivity contribution is -0.151. The van der Waals surface area contributed by atoms with Crippen molar-refractivity contribution in [3.05, 3.63) is 0 Å². The van der Waals surface area contributed by atoms with Crippen molar-refractivity contribution >= 4 is 11.8 Å². The predicted octanol–water partition coefficient (Wildman–Crippen LogP) is 2.19. The van der Waals surface area contributed by atoms with Crippen molar-refractivity contribution in [1.29, 1.82) is 0 Å². The summed E-state index contributed by atoms with van der Waals surface area (Å²) in [6, 6.07) is 0. The Labute approximate surface area is 85.8 Å². The van der Waals surface area contributed by atoms with Crippen LogP contribution < -0.4 is 0 Å². The maximum atomic E-state index is 11.4. The largest absolute Gasteiger partial charge is 0.465 e. The van der Waals surface area contributed by atoms with Gasteiger partial charge in [0.05, 0.1) is 6.61 Å². The molecule has 0 bridgehead atoms. The Morgan fingerprint density at radius 3 is 2.14 bits per heavy atom. The summed E-state index contributed by atoms with van der Waals surface area (Å²) in [7, 11) is 0. The summed E-state index contributed by atoms with van der Waals surface area (Å²) in [5.41, 5.74) is 0. The van der Waals surface area contributed by atoms with Gasteiger partial charge in [-0.15, -0.1) is 0 Å². The fraction of sp³-hybridized carbons (Fsp3) is 0.818. The van der Waals surface area contributed by atoms with Gasteiger partial charge in [0.15, 0.2) is 0 Å². The molecule has 0 saturated heterocycles. The van der Waals surface area contributed by atoms with Crippen LogP contribution in [-0.4, -0.2) is 18.4 Å². The molecule has 0 spiro atoms. The molecule has 0 heterocycles. The molecule has 0 aromatic rings. The van der Waals surface area contributed by atoms with E-state index in [1.54, 1.807) is 6.92 Å². The Hall–Kier alpha value is -0.860. The first kappa shape index (κ1) is 13.1. The van der Waals surface area contributed by atoms with Crippen LogP contribution in [0.25, 0.3) is 0 Å². The Bertz CT molecular complexity index is 197. The van der Waals surface area contributed by atoms with Gasteiger partial charge in [0.25, 0.3) is 0 Å². The summed E-state index contributed by atoms with van der Waals surface area (Å²) >= 11 is 0. The van der Waals surface area contributed by atoms with E-state index in [1.165, 1.54) is 6.92 Å². The molecule has 0 amide bonds. The van der Waals surface area contributed by atoms with Gasteiger partial charge in [0.1, 0.15) is 11.7 Å². The average molecular weight is 200 g/mol. The second kappa shape index (κ2) is 6.57. The van der Waals surface area contributed by atoms with Crippen molar-refractivity contribution in [2.45, 2.75) is 40.5 Å². The predicted molar refractivity (Wildman–Crippen MR) is 54.9 cm³/mol. The number of carbonyl (C=O) groups is 2. The van der Waals surface area contributed by atoms with Crippen LogP contribution in [0.3, 0.4) is 0 Å². The van der Waals surface area contributed by atoms with E-state index in [9.17, 15) is 9.59 Å². The van der Waals surface area contributed by atoms with Gasteiger partial charge in [0.2, 0.25) is 0 Å². The molecule has 0 rings (SSSR count). The lowest BCUT2D eigenvalue weighted by Gasteiger charge is -2.13. The zero-order valence-corrected chi connectivity index (χ0v) is 9.50. The van der Waals surface area contributed by atoms with Crippen molar-refractivity contribution in [2.75, 3.05) is 6.61 Å². The summed E-state index contributed by atoms with van der Waals surface area (Å²) < 4.78 is 4.84. The third-order valence-electron chi connectivity index (χ3n) is 2.09. The molecule has 0 aromatic heterocycles. The molecule has 0 aromatic carbocycles. The van der Waals surface area contributed by atoms with Crippen LogP contribution in [0.1, 0.15) is 40.5 Å². The van der Waals surface area contributed by atoms with E-state index in [0.717, 1.165) is 6.42 Å². The first-order valence-electron chi connectivity index (χ1n) is 5.16. The molecular weight excluding hydrogens is 180 g/mol. The van der Waals surface area contributed by atoms with E-state index in [-0.39, 0.29) is 11.8 Å². The standard InChI is InChI=1S/C11H20O3/c1-5-14-11(13)10(9(4)12)7-6-8(2)3/h8,10H,5-7H2,1-4H3/t10-/m1/s1. The summed E-state index contributed by atoms with van der Waals surface area (Å²) in [4.78, 5) is 22.5. The molecule has 0 radical (unpaired) electrons. The Kier molecular flexibility index (Phi) is 6.17. The molecule has 0 N–H and O–H groups in total. The van der Waals surface area contributed by atoms with Crippen LogP contribution in [0, 0.1) is 11.8 Å². The van der Waals surface area contributed by atoms with Crippen LogP contribution in [0.2, 0.25) is 0 Å². The SMILES string of the molecule is CCOC(=O)[C@H](CCC(C)C)C(C)=O. The molecule has 3 nitrogen and oxygen atoms in total. The highest BCUT2D eigenvalue weighted by Gasteiger charge is 2.24. The van der Waals surface area contributed by atoms with Gasteiger partial charge in [-0.05, 0) is 32.6 Å². The summed E-state index contributed by atoms with van der Waals surface area (Å²) in [6.07, 6.45) is 1.48. The Balaban J connectivity index is 4.15. The van der Waals surface area contributed by atoms with E-state index in [1.807, 2.05) is 0 Å². The van der Waals surface area contributed by atoms with Crippen molar-refractivity contribution in [2.24, 2.45) is 11.8 Å². The molecule has 0 fully saturated rings. The second-order valence-electron chi connectivity index (χ2n) is 3.89. The first-order valence-corrected chi connectivity index (χ1v) is 5.16. The smallest absolute Gasteiger partial charge is 0.316 e. The van der Waals surface area contributed by atoms with Crippen molar-refractivity contribution in [3.8, 4) is 0 Å². The van der Waals surface area contributed by atoms with Crippen LogP contribution >= 0.6 is 0 Å². The summed E-state index contributed by atoms with van der Waals surface area (Å²) in [5.74, 6) is -0.520. The van der Waals surface area contributed by atoms with Gasteiger partial charge >= 0.3 is 5.97 Å². The number of Topliss-reactive ketones (excluding diaryl/α,β-unsaturated/α-hetero) is 1. The maximum absolute atomic E-state index is 11.4. The quantitative estimate of drug-likeness (QED) is 0.487. The van der Waals surface area contributed by atoms with Gasteiger partial charge in [-0.3, -0.25) is 9.59 Å². The number of hydrogen-bond donors (Lipinski definition) is 0. The maximum Gasteiger partial charge on any atom is 0.316 e. The average Bonchev–Trinajstić information content (AvgIpc) is 2.03. The highest BCUT2D eigenvalue weighted by molar-refractivity contribution is 5.97. The topological polar surface area (TPSA) is 43.4 Å². The normalized spacial score (nSPS) is 12.6. The van der Waals surface area contributed by atoms with E-state index < -0.39 is 5.92 Å². The van der Waals surface area contributed by atoms with E-state index in [0.29, 0.717) is 18.9 Å². The van der Waals surface area contributed by atoms with Gasteiger partial charge in [0, 0.05) is 0 Å². The van der Waals surface area contributed by atoms with E-state index in [4.69, 9.17) is 4.74 Å². The molecule has 0 aliphatic carbocycles. The van der Waals surface area contributed by atoms with Gasteiger partial charge < -0.3 is 4.74 Å². The molecule has 0 saturated carbocycles. The zero-order valence-electron chi connectivity index (χ0n) is 9.50. The number of rotatable bonds is 6. The Morgan fingerprint density at radius 2 is 1.79 bits per heavy atom. The highest BCUT2D eigenvalue weighted by Crippen LogP contribution is 2.14. The molecule has 0 aliphatic heterocycles. The summed E-state index contributed by atoms with van der Waals surface area (Å²) in [6.45, 7) is 7.68. The molecule has 1 atom stereocenters. The van der Waals surface area contributed by atoms with Crippen molar-refractivity contribution < 1.29 is 14.3 Å². The lowest BCUT2D eigenvalue weighted by Crippen LogP contribution is -2.24. The number of esters is 1. The second-order valence-corrected chi connectivity index (χ2v) is 3.89. The van der Waals surface area contributed by atoms with E-state index in [2.05, 4.69) is 13.8 Å². The third-order valence-corrected chi connectivity index (χ3v) is 2.09. The van der Waals surface area contributed by atoms with Crippen LogP contribution in [0.15, 0.2) is 0 Å². The van der Waals surface area contributed by atoms with Gasteiger partial charge in [-0.25, -0.2) is 0 Å². The fourth-order valence-electron chi connectivity index (χ4n) is 1.23. The molecule has 82 valence electrons. The number of hydrogen-bond acceptors (Lipinski definition) is 3. The van der Waals surface area contributed by atoms with Crippen LogP contribution in [0.5, 0.6) is 0 Å². The van der Waals surface area contributed by atoms with Gasteiger partial charge in [-0.1, -0.05) is 13.8 Å². The minimum Gasteiger partial charge on any atom is -0.465 e. The third kappa shape index (κ3) is 5.00. The van der Waals surface area contributed by atoms with E-state index >= 15 is 0 Å². The first-order chi connectivity index (χ1) is 6.49. The molecular formula is C11H20O3. The zero-order chi connectivity index (χ0) is 11.1. The molecule has 0 aliphatic rings. The van der Waals surface area contributed by atoms with Crippen molar-refractivity contribution in [1.82, 2.24) is 0 Å². The Morgan fingerprint density at radius 1 is 1.21 bits per heavy atom. The number of ether oxygens (including phenoxy) is 1. The van der Waals surface area contributed by atoms with Gasteiger partial charge in [-0.2, -0.15) is 0 Å². The summed E-state index contributed by atoms with van der Waals surface area (Å²) in [5, 5.41) is 0. The number of carbonyl (C=O) groups excluding carboxylic acids is 2. The molecule has 3 heteroatoms.